The van der Waals surface area contributed by atoms with Crippen molar-refractivity contribution >= 4 is 23.3 Å². The van der Waals surface area contributed by atoms with E-state index in [1.54, 1.807) is 12.1 Å². The molecule has 8 heteroatoms. The maximum atomic E-state index is 12.2. The van der Waals surface area contributed by atoms with E-state index in [9.17, 15) is 19.7 Å². The molecule has 142 valence electrons. The van der Waals surface area contributed by atoms with Crippen LogP contribution in [0.3, 0.4) is 0 Å². The van der Waals surface area contributed by atoms with Crippen LogP contribution in [0.1, 0.15) is 55.3 Å². The van der Waals surface area contributed by atoms with Crippen LogP contribution < -0.4 is 10.2 Å². The minimum absolute atomic E-state index is 0.0341. The maximum absolute atomic E-state index is 12.2. The summed E-state index contributed by atoms with van der Waals surface area (Å²) >= 11 is 0. The van der Waals surface area contributed by atoms with Crippen LogP contribution >= 0.6 is 0 Å². The number of carbonyl (C=O) groups excluding carboxylic acids is 1. The lowest BCUT2D eigenvalue weighted by Crippen LogP contribution is -2.25. The van der Waals surface area contributed by atoms with Crippen molar-refractivity contribution in [2.45, 2.75) is 44.9 Å². The molecule has 0 aliphatic carbocycles. The summed E-state index contributed by atoms with van der Waals surface area (Å²) in [4.78, 5) is 35.5. The number of carbonyl (C=O) groups is 2. The zero-order valence-electron chi connectivity index (χ0n) is 14.8. The van der Waals surface area contributed by atoms with Crippen molar-refractivity contribution in [3.8, 4) is 0 Å². The van der Waals surface area contributed by atoms with E-state index in [0.717, 1.165) is 45.2 Å². The van der Waals surface area contributed by atoms with Gasteiger partial charge in [0, 0.05) is 37.7 Å². The Labute approximate surface area is 152 Å². The Hall–Kier alpha value is -2.64. The molecule has 0 bridgehead atoms. The van der Waals surface area contributed by atoms with Crippen LogP contribution in [0.4, 0.5) is 11.4 Å². The van der Waals surface area contributed by atoms with Gasteiger partial charge in [0.2, 0.25) is 0 Å². The monoisotopic (exact) mass is 363 g/mol. The largest absolute Gasteiger partial charge is 0.481 e. The summed E-state index contributed by atoms with van der Waals surface area (Å²) in [6.45, 7) is 2.07. The van der Waals surface area contributed by atoms with Gasteiger partial charge in [0.05, 0.1) is 4.92 Å². The van der Waals surface area contributed by atoms with Gasteiger partial charge < -0.3 is 15.3 Å². The topological polar surface area (TPSA) is 113 Å². The average molecular weight is 363 g/mol. The molecule has 0 spiro atoms. The normalized spacial score (nSPS) is 13.6. The minimum atomic E-state index is -0.794. The molecule has 8 nitrogen and oxygen atoms in total. The predicted octanol–water partition coefficient (Wildman–Crippen LogP) is 2.96. The van der Waals surface area contributed by atoms with Gasteiger partial charge in [-0.15, -0.1) is 0 Å². The molecular weight excluding hydrogens is 338 g/mol. The van der Waals surface area contributed by atoms with Crippen molar-refractivity contribution in [3.05, 3.63) is 33.9 Å². The lowest BCUT2D eigenvalue weighted by atomic mass is 10.1. The van der Waals surface area contributed by atoms with Gasteiger partial charge in [0.15, 0.2) is 0 Å². The number of benzene rings is 1. The molecule has 1 saturated heterocycles. The zero-order chi connectivity index (χ0) is 18.9. The highest BCUT2D eigenvalue weighted by Gasteiger charge is 2.23. The number of carboxylic acids is 1. The third kappa shape index (κ3) is 5.72. The smallest absolute Gasteiger partial charge is 0.303 e. The van der Waals surface area contributed by atoms with E-state index >= 15 is 0 Å². The molecule has 1 aliphatic rings. The lowest BCUT2D eigenvalue weighted by Gasteiger charge is -2.17. The first-order chi connectivity index (χ1) is 12.5. The van der Waals surface area contributed by atoms with E-state index in [2.05, 4.69) is 5.32 Å². The number of amides is 1. The first-order valence-electron chi connectivity index (χ1n) is 9.02. The van der Waals surface area contributed by atoms with E-state index in [4.69, 9.17) is 5.11 Å². The number of carboxylic acid groups (broad SMARTS) is 1. The van der Waals surface area contributed by atoms with Crippen molar-refractivity contribution in [1.82, 2.24) is 5.32 Å². The van der Waals surface area contributed by atoms with Crippen LogP contribution in [-0.4, -0.2) is 41.5 Å². The number of nitrogens with one attached hydrogen (secondary N) is 1. The van der Waals surface area contributed by atoms with Gasteiger partial charge in [-0.3, -0.25) is 19.7 Å². The number of nitrogens with zero attached hydrogens (tertiary/aromatic N) is 2. The van der Waals surface area contributed by atoms with E-state index < -0.39 is 10.9 Å². The van der Waals surface area contributed by atoms with Crippen molar-refractivity contribution in [1.29, 1.82) is 0 Å². The van der Waals surface area contributed by atoms with Gasteiger partial charge in [-0.25, -0.2) is 0 Å². The number of unbranched alkanes of at least 4 members (excludes halogenated alkanes) is 3. The second-order valence-electron chi connectivity index (χ2n) is 6.47. The first-order valence-corrected chi connectivity index (χ1v) is 9.02. The summed E-state index contributed by atoms with van der Waals surface area (Å²) in [5.74, 6) is -1.12. The Morgan fingerprint density at radius 2 is 1.85 bits per heavy atom. The van der Waals surface area contributed by atoms with E-state index in [-0.39, 0.29) is 23.6 Å². The third-order valence-corrected chi connectivity index (χ3v) is 4.48. The Balaban J connectivity index is 1.85. The highest BCUT2D eigenvalue weighted by Crippen LogP contribution is 2.31. The standard InChI is InChI=1S/C18H25N3O5/c22-17(23)7-3-1-2-4-10-19-18(24)14-8-9-15(16(13-14)21(25)26)20-11-5-6-12-20/h8-9,13H,1-7,10-12H2,(H,19,24)(H,22,23). The van der Waals surface area contributed by atoms with Crippen molar-refractivity contribution in [2.24, 2.45) is 0 Å². The number of hydrogen-bond donors (Lipinski definition) is 2. The molecule has 0 atom stereocenters. The highest BCUT2D eigenvalue weighted by molar-refractivity contribution is 5.95. The molecule has 1 amide bonds. The first kappa shape index (κ1) is 19.7. The molecule has 0 unspecified atom stereocenters. The van der Waals surface area contributed by atoms with E-state index in [1.807, 2.05) is 4.90 Å². The van der Waals surface area contributed by atoms with Crippen molar-refractivity contribution < 1.29 is 19.6 Å². The van der Waals surface area contributed by atoms with Gasteiger partial charge in [0.1, 0.15) is 5.69 Å². The third-order valence-electron chi connectivity index (χ3n) is 4.48. The highest BCUT2D eigenvalue weighted by atomic mass is 16.6. The number of hydrogen-bond acceptors (Lipinski definition) is 5. The Morgan fingerprint density at radius 1 is 1.15 bits per heavy atom. The number of nitro groups is 1. The Bertz CT molecular complexity index is 656. The molecule has 1 aromatic carbocycles. The molecule has 1 aliphatic heterocycles. The molecule has 0 aromatic heterocycles. The Kier molecular flexibility index (Phi) is 7.37. The molecule has 1 heterocycles. The van der Waals surface area contributed by atoms with Crippen molar-refractivity contribution in [2.75, 3.05) is 24.5 Å². The quantitative estimate of drug-likeness (QED) is 0.375. The average Bonchev–Trinajstić information content (AvgIpc) is 3.14. The molecule has 26 heavy (non-hydrogen) atoms. The second kappa shape index (κ2) is 9.74. The van der Waals surface area contributed by atoms with E-state index in [1.165, 1.54) is 6.07 Å². The molecule has 1 aromatic rings. The molecule has 0 saturated carbocycles. The lowest BCUT2D eigenvalue weighted by molar-refractivity contribution is -0.384. The van der Waals surface area contributed by atoms with Crippen LogP contribution in [0.25, 0.3) is 0 Å². The van der Waals surface area contributed by atoms with Crippen LogP contribution in [-0.2, 0) is 4.79 Å². The number of anilines is 1. The summed E-state index contributed by atoms with van der Waals surface area (Å²) in [5, 5.41) is 22.7. The van der Waals surface area contributed by atoms with Crippen LogP contribution in [0.2, 0.25) is 0 Å². The van der Waals surface area contributed by atoms with Gasteiger partial charge in [-0.2, -0.15) is 0 Å². The fourth-order valence-corrected chi connectivity index (χ4v) is 3.10. The number of rotatable bonds is 10. The SMILES string of the molecule is O=C(O)CCCCCCNC(=O)c1ccc(N2CCCC2)c([N+](=O)[O-])c1. The number of aliphatic carboxylic acids is 1. The Morgan fingerprint density at radius 3 is 2.50 bits per heavy atom. The zero-order valence-corrected chi connectivity index (χ0v) is 14.8. The minimum Gasteiger partial charge on any atom is -0.481 e. The van der Waals surface area contributed by atoms with Gasteiger partial charge in [0.25, 0.3) is 11.6 Å². The second-order valence-corrected chi connectivity index (χ2v) is 6.47. The summed E-state index contributed by atoms with van der Waals surface area (Å²) in [7, 11) is 0. The predicted molar refractivity (Wildman–Crippen MR) is 97.6 cm³/mol. The van der Waals surface area contributed by atoms with Gasteiger partial charge in [-0.05, 0) is 37.8 Å². The van der Waals surface area contributed by atoms with Crippen LogP contribution in [0.5, 0.6) is 0 Å². The molecule has 0 radical (unpaired) electrons. The van der Waals surface area contributed by atoms with Crippen molar-refractivity contribution in [3.63, 3.8) is 0 Å². The summed E-state index contributed by atoms with van der Waals surface area (Å²) in [5.41, 5.74) is 0.821. The summed E-state index contributed by atoms with van der Waals surface area (Å²) in [6, 6.07) is 4.63. The van der Waals surface area contributed by atoms with Crippen LogP contribution in [0, 0.1) is 10.1 Å². The summed E-state index contributed by atoms with van der Waals surface area (Å²) in [6.07, 6.45) is 5.23. The molecule has 2 N–H and O–H groups in total. The van der Waals surface area contributed by atoms with Crippen LogP contribution in [0.15, 0.2) is 18.2 Å². The molecule has 2 rings (SSSR count). The summed E-state index contributed by atoms with van der Waals surface area (Å²) < 4.78 is 0. The molecule has 1 fully saturated rings. The molecular formula is C18H25N3O5. The maximum Gasteiger partial charge on any atom is 0.303 e. The fraction of sp³-hybridized carbons (Fsp3) is 0.556. The van der Waals surface area contributed by atoms with Gasteiger partial charge >= 0.3 is 5.97 Å². The van der Waals surface area contributed by atoms with Gasteiger partial charge in [-0.1, -0.05) is 12.8 Å². The number of nitro benzene ring substituents is 1. The fourth-order valence-electron chi connectivity index (χ4n) is 3.10. The van der Waals surface area contributed by atoms with E-state index in [0.29, 0.717) is 18.7 Å².